The van der Waals surface area contributed by atoms with Crippen molar-refractivity contribution in [2.75, 3.05) is 10.8 Å². The second-order valence-corrected chi connectivity index (χ2v) is 14.0. The number of hydrogen-bond acceptors (Lipinski definition) is 4. The lowest BCUT2D eigenvalue weighted by Crippen LogP contribution is -2.53. The van der Waals surface area contributed by atoms with Crippen LogP contribution in [0.4, 0.5) is 5.69 Å². The standard InChI is InChI=1S/C33H39Cl2N3O4S/c1-22-13-17-28(18-14-22)43(41,42)38(27-16-15-23(2)24(3)19-27)21-32(39)37(20-29-30(34)11-8-12-31(29)35)25(4)33(40)36-26-9-6-5-7-10-26/h8,11-19,25-26H,5-7,9-10,20-21H2,1-4H3,(H,36,40). The van der Waals surface area contributed by atoms with Crippen LogP contribution < -0.4 is 9.62 Å². The van der Waals surface area contributed by atoms with Crippen LogP contribution >= 0.6 is 23.2 Å². The van der Waals surface area contributed by atoms with Crippen molar-refractivity contribution >= 4 is 50.7 Å². The normalized spacial score (nSPS) is 14.7. The highest BCUT2D eigenvalue weighted by atomic mass is 35.5. The van der Waals surface area contributed by atoms with Crippen molar-refractivity contribution in [1.29, 1.82) is 0 Å². The Morgan fingerprint density at radius 2 is 1.53 bits per heavy atom. The fourth-order valence-electron chi connectivity index (χ4n) is 5.25. The van der Waals surface area contributed by atoms with Crippen molar-refractivity contribution in [1.82, 2.24) is 10.2 Å². The Bertz CT molecular complexity index is 1550. The Labute approximate surface area is 265 Å². The summed E-state index contributed by atoms with van der Waals surface area (Å²) in [5.41, 5.74) is 3.62. The third kappa shape index (κ3) is 7.91. The van der Waals surface area contributed by atoms with Crippen molar-refractivity contribution in [2.24, 2.45) is 0 Å². The van der Waals surface area contributed by atoms with Crippen LogP contribution in [-0.2, 0) is 26.2 Å². The molecule has 0 radical (unpaired) electrons. The van der Waals surface area contributed by atoms with Crippen molar-refractivity contribution < 1.29 is 18.0 Å². The van der Waals surface area contributed by atoms with Crippen LogP contribution in [0.25, 0.3) is 0 Å². The molecule has 0 heterocycles. The van der Waals surface area contributed by atoms with E-state index < -0.39 is 28.5 Å². The van der Waals surface area contributed by atoms with E-state index in [2.05, 4.69) is 5.32 Å². The number of sulfonamides is 1. The fourth-order valence-corrected chi connectivity index (χ4v) is 7.17. The molecule has 7 nitrogen and oxygen atoms in total. The van der Waals surface area contributed by atoms with Crippen LogP contribution in [-0.4, -0.2) is 43.8 Å². The third-order valence-electron chi connectivity index (χ3n) is 8.18. The second kappa shape index (κ2) is 14.1. The largest absolute Gasteiger partial charge is 0.352 e. The van der Waals surface area contributed by atoms with Crippen molar-refractivity contribution in [3.63, 3.8) is 0 Å². The molecular weight excluding hydrogens is 605 g/mol. The summed E-state index contributed by atoms with van der Waals surface area (Å²) in [5.74, 6) is -0.862. The van der Waals surface area contributed by atoms with Gasteiger partial charge in [0.15, 0.2) is 0 Å². The summed E-state index contributed by atoms with van der Waals surface area (Å²) >= 11 is 13.0. The number of carbonyl (C=O) groups excluding carboxylic acids is 2. The molecule has 1 unspecified atom stereocenters. The molecule has 10 heteroatoms. The lowest BCUT2D eigenvalue weighted by atomic mass is 9.95. The third-order valence-corrected chi connectivity index (χ3v) is 10.7. The SMILES string of the molecule is Cc1ccc(S(=O)(=O)N(CC(=O)N(Cc2c(Cl)cccc2Cl)C(C)C(=O)NC2CCCCC2)c2ccc(C)c(C)c2)cc1. The highest BCUT2D eigenvalue weighted by Crippen LogP contribution is 2.29. The summed E-state index contributed by atoms with van der Waals surface area (Å²) in [6.45, 7) is 6.75. The summed E-state index contributed by atoms with van der Waals surface area (Å²) in [7, 11) is -4.15. The molecule has 3 aromatic carbocycles. The predicted molar refractivity (Wildman–Crippen MR) is 173 cm³/mol. The monoisotopic (exact) mass is 643 g/mol. The Hall–Kier alpha value is -3.07. The first kappa shape index (κ1) is 32.8. The second-order valence-electron chi connectivity index (χ2n) is 11.3. The average molecular weight is 645 g/mol. The number of benzene rings is 3. The number of aryl methyl sites for hydroxylation is 3. The van der Waals surface area contributed by atoms with E-state index in [4.69, 9.17) is 23.2 Å². The molecule has 0 spiro atoms. The molecular formula is C33H39Cl2N3O4S. The lowest BCUT2D eigenvalue weighted by molar-refractivity contribution is -0.139. The molecule has 1 N–H and O–H groups in total. The zero-order valence-electron chi connectivity index (χ0n) is 25.1. The minimum Gasteiger partial charge on any atom is -0.352 e. The van der Waals surface area contributed by atoms with Gasteiger partial charge in [-0.3, -0.25) is 13.9 Å². The molecule has 1 aliphatic rings. The maximum atomic E-state index is 14.2. The van der Waals surface area contributed by atoms with Crippen LogP contribution in [0.2, 0.25) is 10.0 Å². The highest BCUT2D eigenvalue weighted by Gasteiger charge is 2.34. The van der Waals surface area contributed by atoms with Gasteiger partial charge in [0.25, 0.3) is 10.0 Å². The van der Waals surface area contributed by atoms with Crippen molar-refractivity contribution in [3.8, 4) is 0 Å². The molecule has 1 saturated carbocycles. The molecule has 1 atom stereocenters. The van der Waals surface area contributed by atoms with Crippen LogP contribution in [0.5, 0.6) is 0 Å². The van der Waals surface area contributed by atoms with Gasteiger partial charge in [-0.15, -0.1) is 0 Å². The van der Waals surface area contributed by atoms with Crippen molar-refractivity contribution in [2.45, 2.75) is 83.3 Å². The highest BCUT2D eigenvalue weighted by molar-refractivity contribution is 7.92. The maximum Gasteiger partial charge on any atom is 0.264 e. The minimum atomic E-state index is -4.15. The number of nitrogens with one attached hydrogen (secondary N) is 1. The van der Waals surface area contributed by atoms with Gasteiger partial charge in [0.1, 0.15) is 12.6 Å². The van der Waals surface area contributed by atoms with E-state index in [0.29, 0.717) is 21.3 Å². The molecule has 0 aliphatic heterocycles. The molecule has 4 rings (SSSR count). The molecule has 1 aliphatic carbocycles. The van der Waals surface area contributed by atoms with Gasteiger partial charge in [0.05, 0.1) is 10.6 Å². The molecule has 0 aromatic heterocycles. The average Bonchev–Trinajstić information content (AvgIpc) is 2.97. The van der Waals surface area contributed by atoms with Crippen LogP contribution in [0.1, 0.15) is 61.3 Å². The molecule has 2 amide bonds. The first-order valence-corrected chi connectivity index (χ1v) is 16.8. The molecule has 230 valence electrons. The molecule has 0 saturated heterocycles. The van der Waals surface area contributed by atoms with Gasteiger partial charge in [-0.25, -0.2) is 8.42 Å². The lowest BCUT2D eigenvalue weighted by Gasteiger charge is -2.33. The molecule has 43 heavy (non-hydrogen) atoms. The fraction of sp³-hybridized carbons (Fsp3) is 0.394. The number of halogens is 2. The van der Waals surface area contributed by atoms with Gasteiger partial charge < -0.3 is 10.2 Å². The summed E-state index contributed by atoms with van der Waals surface area (Å²) in [5, 5.41) is 3.80. The number of amides is 2. The van der Waals surface area contributed by atoms with E-state index in [1.165, 1.54) is 17.0 Å². The zero-order chi connectivity index (χ0) is 31.3. The van der Waals surface area contributed by atoms with Gasteiger partial charge in [0.2, 0.25) is 11.8 Å². The maximum absolute atomic E-state index is 14.2. The van der Waals surface area contributed by atoms with E-state index in [0.717, 1.165) is 53.1 Å². The van der Waals surface area contributed by atoms with Crippen LogP contribution in [0.3, 0.4) is 0 Å². The molecule has 3 aromatic rings. The number of rotatable bonds is 10. The number of hydrogen-bond donors (Lipinski definition) is 1. The van der Waals surface area contributed by atoms with E-state index in [1.54, 1.807) is 49.4 Å². The van der Waals surface area contributed by atoms with Crippen molar-refractivity contribution in [3.05, 3.63) is 93.0 Å². The number of nitrogens with zero attached hydrogens (tertiary/aromatic N) is 2. The van der Waals surface area contributed by atoms with Crippen LogP contribution in [0, 0.1) is 20.8 Å². The number of anilines is 1. The van der Waals surface area contributed by atoms with Gasteiger partial charge in [-0.2, -0.15) is 0 Å². The first-order chi connectivity index (χ1) is 20.4. The quantitative estimate of drug-likeness (QED) is 0.258. The van der Waals surface area contributed by atoms with Crippen LogP contribution in [0.15, 0.2) is 65.6 Å². The molecule has 0 bridgehead atoms. The Morgan fingerprint density at radius 3 is 2.14 bits per heavy atom. The number of carbonyl (C=O) groups is 2. The topological polar surface area (TPSA) is 86.8 Å². The van der Waals surface area contributed by atoms with E-state index in [-0.39, 0.29) is 23.4 Å². The summed E-state index contributed by atoms with van der Waals surface area (Å²) < 4.78 is 29.2. The first-order valence-electron chi connectivity index (χ1n) is 14.6. The minimum absolute atomic E-state index is 0.0403. The van der Waals surface area contributed by atoms with E-state index >= 15 is 0 Å². The Kier molecular flexibility index (Phi) is 10.8. The summed E-state index contributed by atoms with van der Waals surface area (Å²) in [6, 6.07) is 15.9. The van der Waals surface area contributed by atoms with Gasteiger partial charge in [-0.05, 0) is 88.1 Å². The van der Waals surface area contributed by atoms with Gasteiger partial charge in [0, 0.05) is 28.2 Å². The summed E-state index contributed by atoms with van der Waals surface area (Å²) in [4.78, 5) is 29.2. The summed E-state index contributed by atoms with van der Waals surface area (Å²) in [6.07, 6.45) is 5.00. The Morgan fingerprint density at radius 1 is 0.907 bits per heavy atom. The van der Waals surface area contributed by atoms with E-state index in [1.807, 2.05) is 26.8 Å². The van der Waals surface area contributed by atoms with Gasteiger partial charge in [-0.1, -0.05) is 72.3 Å². The Balaban J connectivity index is 1.73. The zero-order valence-corrected chi connectivity index (χ0v) is 27.4. The smallest absolute Gasteiger partial charge is 0.264 e. The molecule has 1 fully saturated rings. The van der Waals surface area contributed by atoms with Gasteiger partial charge >= 0.3 is 0 Å². The predicted octanol–water partition coefficient (Wildman–Crippen LogP) is 6.98. The van der Waals surface area contributed by atoms with E-state index in [9.17, 15) is 18.0 Å².